The van der Waals surface area contributed by atoms with Gasteiger partial charge in [0.2, 0.25) is 5.88 Å². The van der Waals surface area contributed by atoms with Crippen LogP contribution in [0, 0.1) is 0 Å². The number of methoxy groups -OCH3 is 1. The van der Waals surface area contributed by atoms with Crippen LogP contribution in [0.25, 0.3) is 11.1 Å². The van der Waals surface area contributed by atoms with Crippen LogP contribution in [0.5, 0.6) is 11.6 Å². The molecule has 0 saturated heterocycles. The fourth-order valence-electron chi connectivity index (χ4n) is 3.13. The van der Waals surface area contributed by atoms with Crippen LogP contribution in [0.4, 0.5) is 0 Å². The molecule has 3 heterocycles. The van der Waals surface area contributed by atoms with Gasteiger partial charge in [0.15, 0.2) is 11.4 Å². The number of ether oxygens (including phenoxy) is 2. The molecule has 27 heavy (non-hydrogen) atoms. The van der Waals surface area contributed by atoms with Crippen LogP contribution < -0.4 is 14.8 Å². The van der Waals surface area contributed by atoms with Gasteiger partial charge in [-0.25, -0.2) is 9.97 Å². The zero-order chi connectivity index (χ0) is 18.6. The third-order valence-electron chi connectivity index (χ3n) is 4.46. The van der Waals surface area contributed by atoms with E-state index in [1.54, 1.807) is 19.4 Å². The van der Waals surface area contributed by atoms with Crippen molar-refractivity contribution in [3.8, 4) is 22.8 Å². The summed E-state index contributed by atoms with van der Waals surface area (Å²) in [7, 11) is 1.58. The molecule has 1 amide bonds. The minimum atomic E-state index is -0.255. The van der Waals surface area contributed by atoms with Crippen LogP contribution in [0.2, 0.25) is 0 Å². The third-order valence-corrected chi connectivity index (χ3v) is 4.46. The standard InChI is InChI=1S/C21H19N3O3/c1-26-18-8-4-6-15(24-18)9-11-23-21(25)19-20-17(10-12-22-19)16-7-3-2-5-14(16)13-27-20/h2-8,10,12H,9,11,13H2,1H3,(H,23,25). The molecule has 1 aromatic carbocycles. The number of hydrogen-bond acceptors (Lipinski definition) is 5. The van der Waals surface area contributed by atoms with Gasteiger partial charge >= 0.3 is 0 Å². The molecule has 0 unspecified atom stereocenters. The van der Waals surface area contributed by atoms with Crippen molar-refractivity contribution in [1.29, 1.82) is 0 Å². The average Bonchev–Trinajstić information content (AvgIpc) is 2.73. The second-order valence-corrected chi connectivity index (χ2v) is 6.16. The number of rotatable bonds is 5. The van der Waals surface area contributed by atoms with Gasteiger partial charge < -0.3 is 14.8 Å². The predicted molar refractivity (Wildman–Crippen MR) is 101 cm³/mol. The van der Waals surface area contributed by atoms with E-state index in [0.29, 0.717) is 36.9 Å². The highest BCUT2D eigenvalue weighted by atomic mass is 16.5. The Morgan fingerprint density at radius 2 is 2.04 bits per heavy atom. The summed E-state index contributed by atoms with van der Waals surface area (Å²) in [4.78, 5) is 21.2. The molecule has 0 bridgehead atoms. The van der Waals surface area contributed by atoms with Gasteiger partial charge in [0, 0.05) is 36.5 Å². The van der Waals surface area contributed by atoms with E-state index >= 15 is 0 Å². The highest BCUT2D eigenvalue weighted by Crippen LogP contribution is 2.38. The topological polar surface area (TPSA) is 73.3 Å². The van der Waals surface area contributed by atoms with Crippen LogP contribution in [-0.4, -0.2) is 29.5 Å². The summed E-state index contributed by atoms with van der Waals surface area (Å²) in [5.41, 5.74) is 4.23. The number of amides is 1. The highest BCUT2D eigenvalue weighted by molar-refractivity contribution is 5.97. The molecule has 136 valence electrons. The minimum Gasteiger partial charge on any atom is -0.486 e. The molecule has 1 aliphatic rings. The van der Waals surface area contributed by atoms with Crippen LogP contribution in [0.3, 0.4) is 0 Å². The second kappa shape index (κ2) is 7.45. The zero-order valence-electron chi connectivity index (χ0n) is 14.9. The van der Waals surface area contributed by atoms with E-state index in [-0.39, 0.29) is 5.91 Å². The summed E-state index contributed by atoms with van der Waals surface area (Å²) in [5.74, 6) is 0.840. The van der Waals surface area contributed by atoms with E-state index in [1.165, 1.54) is 0 Å². The molecule has 0 radical (unpaired) electrons. The summed E-state index contributed by atoms with van der Waals surface area (Å²) in [6, 6.07) is 15.5. The number of pyridine rings is 2. The number of benzene rings is 1. The van der Waals surface area contributed by atoms with E-state index in [9.17, 15) is 4.79 Å². The maximum absolute atomic E-state index is 12.6. The van der Waals surface area contributed by atoms with E-state index in [2.05, 4.69) is 15.3 Å². The number of nitrogens with zero attached hydrogens (tertiary/aromatic N) is 2. The minimum absolute atomic E-state index is 0.255. The van der Waals surface area contributed by atoms with Crippen molar-refractivity contribution in [2.75, 3.05) is 13.7 Å². The van der Waals surface area contributed by atoms with E-state index in [4.69, 9.17) is 9.47 Å². The van der Waals surface area contributed by atoms with Gasteiger partial charge in [-0.15, -0.1) is 0 Å². The molecule has 0 atom stereocenters. The molecule has 6 heteroatoms. The summed E-state index contributed by atoms with van der Waals surface area (Å²) in [5, 5.41) is 2.90. The number of fused-ring (bicyclic) bond motifs is 3. The van der Waals surface area contributed by atoms with Crippen molar-refractivity contribution in [3.63, 3.8) is 0 Å². The van der Waals surface area contributed by atoms with Crippen molar-refractivity contribution >= 4 is 5.91 Å². The molecule has 1 N–H and O–H groups in total. The van der Waals surface area contributed by atoms with Crippen molar-refractivity contribution in [2.24, 2.45) is 0 Å². The Morgan fingerprint density at radius 3 is 2.93 bits per heavy atom. The summed E-state index contributed by atoms with van der Waals surface area (Å²) in [6.07, 6.45) is 2.24. The number of hydrogen-bond donors (Lipinski definition) is 1. The number of carbonyl (C=O) groups excluding carboxylic acids is 1. The fourth-order valence-corrected chi connectivity index (χ4v) is 3.13. The lowest BCUT2D eigenvalue weighted by molar-refractivity contribution is 0.0944. The maximum atomic E-state index is 12.6. The molecule has 0 spiro atoms. The van der Waals surface area contributed by atoms with Crippen molar-refractivity contribution in [1.82, 2.24) is 15.3 Å². The van der Waals surface area contributed by atoms with Crippen LogP contribution in [-0.2, 0) is 13.0 Å². The molecule has 3 aromatic rings. The molecule has 0 aliphatic carbocycles. The lowest BCUT2D eigenvalue weighted by Crippen LogP contribution is -2.27. The lowest BCUT2D eigenvalue weighted by Gasteiger charge is -2.22. The Labute approximate surface area is 157 Å². The molecule has 4 rings (SSSR count). The van der Waals surface area contributed by atoms with Gasteiger partial charge in [-0.3, -0.25) is 4.79 Å². The number of aromatic nitrogens is 2. The molecule has 0 saturated carbocycles. The van der Waals surface area contributed by atoms with Crippen molar-refractivity contribution in [2.45, 2.75) is 13.0 Å². The predicted octanol–water partition coefficient (Wildman–Crippen LogP) is 3.02. The van der Waals surface area contributed by atoms with Crippen molar-refractivity contribution < 1.29 is 14.3 Å². The molecule has 1 aliphatic heterocycles. The Kier molecular flexibility index (Phi) is 4.70. The second-order valence-electron chi connectivity index (χ2n) is 6.16. The SMILES string of the molecule is COc1cccc(CCNC(=O)c2nccc3c2OCc2ccccc2-3)n1. The monoisotopic (exact) mass is 361 g/mol. The Morgan fingerprint density at radius 1 is 1.15 bits per heavy atom. The van der Waals surface area contributed by atoms with Gasteiger partial charge in [0.1, 0.15) is 6.61 Å². The quantitative estimate of drug-likeness (QED) is 0.756. The van der Waals surface area contributed by atoms with Gasteiger partial charge in [0.25, 0.3) is 5.91 Å². The molecule has 2 aromatic heterocycles. The van der Waals surface area contributed by atoms with Gasteiger partial charge in [-0.2, -0.15) is 0 Å². The Balaban J connectivity index is 1.49. The van der Waals surface area contributed by atoms with Gasteiger partial charge in [-0.1, -0.05) is 30.3 Å². The average molecular weight is 361 g/mol. The first-order chi connectivity index (χ1) is 13.3. The third kappa shape index (κ3) is 3.46. The summed E-state index contributed by atoms with van der Waals surface area (Å²) in [6.45, 7) is 0.879. The van der Waals surface area contributed by atoms with Crippen molar-refractivity contribution in [3.05, 3.63) is 71.7 Å². The fraction of sp³-hybridized carbons (Fsp3) is 0.190. The molecule has 6 nitrogen and oxygen atoms in total. The first-order valence-electron chi connectivity index (χ1n) is 8.74. The van der Waals surface area contributed by atoms with Gasteiger partial charge in [-0.05, 0) is 23.3 Å². The van der Waals surface area contributed by atoms with E-state index in [1.807, 2.05) is 42.5 Å². The zero-order valence-corrected chi connectivity index (χ0v) is 14.9. The van der Waals surface area contributed by atoms with Crippen LogP contribution >= 0.6 is 0 Å². The summed E-state index contributed by atoms with van der Waals surface area (Å²) >= 11 is 0. The lowest BCUT2D eigenvalue weighted by atomic mass is 9.97. The molecular formula is C21H19N3O3. The molecule has 0 fully saturated rings. The van der Waals surface area contributed by atoms with E-state index in [0.717, 1.165) is 22.4 Å². The van der Waals surface area contributed by atoms with E-state index < -0.39 is 0 Å². The van der Waals surface area contributed by atoms with Crippen LogP contribution in [0.15, 0.2) is 54.7 Å². The number of nitrogens with one attached hydrogen (secondary N) is 1. The Bertz CT molecular complexity index is 988. The first kappa shape index (κ1) is 17.0. The Hall–Kier alpha value is -3.41. The highest BCUT2D eigenvalue weighted by Gasteiger charge is 2.23. The first-order valence-corrected chi connectivity index (χ1v) is 8.74. The summed E-state index contributed by atoms with van der Waals surface area (Å²) < 4.78 is 11.0. The smallest absolute Gasteiger partial charge is 0.273 e. The van der Waals surface area contributed by atoms with Crippen LogP contribution in [0.1, 0.15) is 21.7 Å². The maximum Gasteiger partial charge on any atom is 0.273 e. The number of carbonyl (C=O) groups is 1. The normalized spacial score (nSPS) is 11.7. The largest absolute Gasteiger partial charge is 0.486 e. The molecular weight excluding hydrogens is 342 g/mol. The van der Waals surface area contributed by atoms with Gasteiger partial charge in [0.05, 0.1) is 7.11 Å².